The molecule has 42 heavy (non-hydrogen) atoms. The van der Waals surface area contributed by atoms with Gasteiger partial charge in [-0.3, -0.25) is 24.0 Å². The van der Waals surface area contributed by atoms with Gasteiger partial charge in [-0.05, 0) is 48.6 Å². The molecule has 4 aliphatic rings. The van der Waals surface area contributed by atoms with E-state index in [0.717, 1.165) is 4.70 Å². The number of hydrogen-bond acceptors (Lipinski definition) is 7. The van der Waals surface area contributed by atoms with Gasteiger partial charge in [0.25, 0.3) is 0 Å². The molecule has 4 fully saturated rings. The number of carbonyl (C=O) groups is 5. The van der Waals surface area contributed by atoms with Crippen LogP contribution in [-0.2, 0) is 19.2 Å². The van der Waals surface area contributed by atoms with Gasteiger partial charge < -0.3 is 20.4 Å². The molecule has 0 bridgehead atoms. The number of thiazole rings is 1. The number of aromatic nitrogens is 1. The molecule has 4 amide bonds. The van der Waals surface area contributed by atoms with Crippen molar-refractivity contribution in [1.82, 2.24) is 25.4 Å². The van der Waals surface area contributed by atoms with E-state index < -0.39 is 53.7 Å². The Labute approximate surface area is 243 Å². The summed E-state index contributed by atoms with van der Waals surface area (Å²) in [5.74, 6) is -4.87. The van der Waals surface area contributed by atoms with E-state index in [1.165, 1.54) is 16.2 Å². The summed E-state index contributed by atoms with van der Waals surface area (Å²) in [4.78, 5) is 71.6. The zero-order chi connectivity index (χ0) is 30.1. The van der Waals surface area contributed by atoms with E-state index in [4.69, 9.17) is 0 Å². The Morgan fingerprint density at radius 2 is 1.90 bits per heavy atom. The normalized spacial score (nSPS) is 28.6. The predicted octanol–water partition coefficient (Wildman–Crippen LogP) is 2.14. The van der Waals surface area contributed by atoms with Gasteiger partial charge in [0.15, 0.2) is 5.01 Å². The van der Waals surface area contributed by atoms with Gasteiger partial charge in [-0.25, -0.2) is 4.98 Å². The topological polar surface area (TPSA) is 129 Å². The second kappa shape index (κ2) is 10.0. The minimum absolute atomic E-state index is 0.0426. The van der Waals surface area contributed by atoms with Crippen molar-refractivity contribution in [3.8, 4) is 0 Å². The molecule has 224 valence electrons. The number of ketones is 1. The Bertz CT molecular complexity index is 1460. The maximum Gasteiger partial charge on any atom is 0.471 e. The number of halogens is 3. The van der Waals surface area contributed by atoms with Crippen molar-refractivity contribution in [3.05, 3.63) is 29.3 Å². The van der Waals surface area contributed by atoms with Crippen LogP contribution in [0.2, 0.25) is 0 Å². The van der Waals surface area contributed by atoms with Crippen molar-refractivity contribution in [1.29, 1.82) is 0 Å². The number of piperidine rings is 1. The molecular weight excluding hydrogens is 575 g/mol. The second-order valence-corrected chi connectivity index (χ2v) is 13.1. The van der Waals surface area contributed by atoms with Gasteiger partial charge in [0, 0.05) is 25.6 Å². The van der Waals surface area contributed by atoms with Gasteiger partial charge in [-0.2, -0.15) is 13.2 Å². The highest BCUT2D eigenvalue weighted by molar-refractivity contribution is 7.20. The lowest BCUT2D eigenvalue weighted by Gasteiger charge is -2.43. The maximum atomic E-state index is 13.9. The number of carbonyl (C=O) groups excluding carboxylic acids is 5. The van der Waals surface area contributed by atoms with E-state index in [9.17, 15) is 37.1 Å². The minimum Gasteiger partial charge on any atom is -0.356 e. The quantitative estimate of drug-likeness (QED) is 0.466. The molecule has 1 aromatic carbocycles. The molecule has 4 heterocycles. The van der Waals surface area contributed by atoms with Crippen LogP contribution in [0.4, 0.5) is 13.2 Å². The summed E-state index contributed by atoms with van der Waals surface area (Å²) in [7, 11) is 0. The number of benzene rings is 1. The molecule has 2 aromatic rings. The summed E-state index contributed by atoms with van der Waals surface area (Å²) in [6.45, 7) is 4.34. The van der Waals surface area contributed by atoms with Crippen molar-refractivity contribution < 1.29 is 37.1 Å². The number of amides is 4. The van der Waals surface area contributed by atoms with E-state index >= 15 is 0 Å². The fourth-order valence-electron chi connectivity index (χ4n) is 6.82. The van der Waals surface area contributed by atoms with Crippen molar-refractivity contribution in [2.75, 3.05) is 19.6 Å². The third-order valence-corrected chi connectivity index (χ3v) is 10.4. The molecule has 0 radical (unpaired) electrons. The highest BCUT2D eigenvalue weighted by atomic mass is 32.1. The lowest BCUT2D eigenvalue weighted by atomic mass is 9.94. The standard InChI is InChI=1S/C28H30F3N5O5S/c1-27(2)14-12-36(25(40)17-8-10-35(17)26(41)28(29,30)31)20(19(14)27)23(39)33-16(11-13-7-9-32-22(13)38)21(37)24-34-15-5-3-4-6-18(15)42-24/h3-6,13-14,16-17,19-20H,7-12H2,1-2H3,(H,32,38)(H,33,39)/t13-,14-,16-,17-,19-,20-/m0/s1. The Balaban J connectivity index is 1.25. The summed E-state index contributed by atoms with van der Waals surface area (Å²) < 4.78 is 40.1. The van der Waals surface area contributed by atoms with E-state index in [0.29, 0.717) is 23.4 Å². The summed E-state index contributed by atoms with van der Waals surface area (Å²) in [5.41, 5.74) is 0.334. The highest BCUT2D eigenvalue weighted by Gasteiger charge is 2.70. The Kier molecular flexibility index (Phi) is 6.82. The van der Waals surface area contributed by atoms with Gasteiger partial charge in [-0.1, -0.05) is 26.0 Å². The van der Waals surface area contributed by atoms with Crippen molar-refractivity contribution in [2.24, 2.45) is 23.2 Å². The number of nitrogens with one attached hydrogen (secondary N) is 2. The van der Waals surface area contributed by atoms with Gasteiger partial charge in [-0.15, -0.1) is 11.3 Å². The van der Waals surface area contributed by atoms with E-state index in [1.54, 1.807) is 12.1 Å². The Morgan fingerprint density at radius 1 is 1.17 bits per heavy atom. The SMILES string of the molecule is CC1(C)[C@@H]2[C@@H](C(=O)N[C@@H](C[C@@H]3CCNC3=O)C(=O)c3nc4ccccc4s3)N(C(=O)[C@@H]3CCN3C(=O)C(F)(F)F)C[C@@H]21. The number of Topliss-reactive ketones (excluding diaryl/α,β-unsaturated/α-hetero) is 1. The zero-order valence-electron chi connectivity index (χ0n) is 22.9. The van der Waals surface area contributed by atoms with Crippen LogP contribution >= 0.6 is 11.3 Å². The molecule has 1 aliphatic carbocycles. The van der Waals surface area contributed by atoms with E-state index in [2.05, 4.69) is 15.6 Å². The number of para-hydroxylation sites is 1. The van der Waals surface area contributed by atoms with Gasteiger partial charge in [0.2, 0.25) is 23.5 Å². The Morgan fingerprint density at radius 3 is 2.52 bits per heavy atom. The van der Waals surface area contributed by atoms with Crippen LogP contribution in [0.3, 0.4) is 0 Å². The highest BCUT2D eigenvalue weighted by Crippen LogP contribution is 2.65. The zero-order valence-corrected chi connectivity index (χ0v) is 23.8. The molecule has 1 saturated carbocycles. The summed E-state index contributed by atoms with van der Waals surface area (Å²) in [5, 5.41) is 5.72. The van der Waals surface area contributed by atoms with Crippen LogP contribution in [0.1, 0.15) is 42.9 Å². The van der Waals surface area contributed by atoms with Crippen molar-refractivity contribution >= 4 is 51.0 Å². The third-order valence-electron chi connectivity index (χ3n) is 9.39. The van der Waals surface area contributed by atoms with E-state index in [-0.39, 0.29) is 54.1 Å². The molecule has 0 spiro atoms. The Hall–Kier alpha value is -3.55. The fraction of sp³-hybridized carbons (Fsp3) is 0.571. The average molecular weight is 606 g/mol. The summed E-state index contributed by atoms with van der Waals surface area (Å²) in [6.07, 6.45) is -4.50. The first kappa shape index (κ1) is 28.6. The first-order valence-corrected chi connectivity index (χ1v) is 14.8. The first-order chi connectivity index (χ1) is 19.8. The molecule has 2 N–H and O–H groups in total. The van der Waals surface area contributed by atoms with Crippen LogP contribution in [0.5, 0.6) is 0 Å². The van der Waals surface area contributed by atoms with E-state index in [1.807, 2.05) is 26.0 Å². The average Bonchev–Trinajstić information content (AvgIpc) is 3.42. The third kappa shape index (κ3) is 4.73. The molecule has 10 nitrogen and oxygen atoms in total. The molecule has 0 unspecified atom stereocenters. The second-order valence-electron chi connectivity index (χ2n) is 12.1. The van der Waals surface area contributed by atoms with Crippen LogP contribution in [0, 0.1) is 23.2 Å². The van der Waals surface area contributed by atoms with Crippen LogP contribution in [0.15, 0.2) is 24.3 Å². The molecule has 3 saturated heterocycles. The largest absolute Gasteiger partial charge is 0.471 e. The predicted molar refractivity (Wildman–Crippen MR) is 144 cm³/mol. The fourth-order valence-corrected chi connectivity index (χ4v) is 7.78. The van der Waals surface area contributed by atoms with Gasteiger partial charge in [0.1, 0.15) is 12.1 Å². The number of rotatable bonds is 7. The van der Waals surface area contributed by atoms with Gasteiger partial charge in [0.05, 0.1) is 16.3 Å². The van der Waals surface area contributed by atoms with Crippen molar-refractivity contribution in [2.45, 2.75) is 57.4 Å². The summed E-state index contributed by atoms with van der Waals surface area (Å²) in [6, 6.07) is 3.79. The monoisotopic (exact) mass is 605 g/mol. The number of fused-ring (bicyclic) bond motifs is 2. The number of hydrogen-bond donors (Lipinski definition) is 2. The van der Waals surface area contributed by atoms with Crippen LogP contribution < -0.4 is 10.6 Å². The molecule has 3 aliphatic heterocycles. The molecular formula is C28H30F3N5O5S. The molecule has 14 heteroatoms. The van der Waals surface area contributed by atoms with Crippen molar-refractivity contribution in [3.63, 3.8) is 0 Å². The number of nitrogens with zero attached hydrogens (tertiary/aromatic N) is 3. The van der Waals surface area contributed by atoms with Crippen LogP contribution in [-0.4, -0.2) is 88.1 Å². The minimum atomic E-state index is -5.11. The van der Waals surface area contributed by atoms with Crippen LogP contribution in [0.25, 0.3) is 10.2 Å². The first-order valence-electron chi connectivity index (χ1n) is 13.9. The van der Waals surface area contributed by atoms with Gasteiger partial charge >= 0.3 is 12.1 Å². The molecule has 1 aromatic heterocycles. The maximum absolute atomic E-state index is 13.9. The summed E-state index contributed by atoms with van der Waals surface area (Å²) >= 11 is 1.18. The lowest BCUT2D eigenvalue weighted by molar-refractivity contribution is -0.195. The molecule has 6 atom stereocenters. The lowest BCUT2D eigenvalue weighted by Crippen LogP contribution is -2.64. The number of alkyl halides is 3. The number of likely N-dealkylation sites (tertiary alicyclic amines) is 2. The molecule has 6 rings (SSSR count). The smallest absolute Gasteiger partial charge is 0.356 e.